The average Bonchev–Trinajstić information content (AvgIpc) is 3.37. The maximum Gasteiger partial charge on any atom is 0.416 e. The summed E-state index contributed by atoms with van der Waals surface area (Å²) in [5.74, 6) is 1.02. The van der Waals surface area contributed by atoms with Gasteiger partial charge in [-0.25, -0.2) is 4.99 Å². The van der Waals surface area contributed by atoms with Gasteiger partial charge >= 0.3 is 6.18 Å². The molecular weight excluding hydrogens is 661 g/mol. The number of halogens is 3. The van der Waals surface area contributed by atoms with Gasteiger partial charge in [0.25, 0.3) is 0 Å². The first kappa shape index (κ1) is 39.3. The number of unbranched alkanes of at least 4 members (excludes halogenated alkanes) is 6. The summed E-state index contributed by atoms with van der Waals surface area (Å²) in [7, 11) is 0. The zero-order chi connectivity index (χ0) is 37.8. The second kappa shape index (κ2) is 16.4. The Morgan fingerprint density at radius 1 is 0.923 bits per heavy atom. The highest BCUT2D eigenvalue weighted by molar-refractivity contribution is 6.27. The molecule has 1 heterocycles. The zero-order valence-electron chi connectivity index (χ0n) is 31.6. The fourth-order valence-corrected chi connectivity index (χ4v) is 7.26. The van der Waals surface area contributed by atoms with E-state index in [1.165, 1.54) is 25.7 Å². The normalized spacial score (nSPS) is 16.8. The minimum atomic E-state index is -4.56. The van der Waals surface area contributed by atoms with Crippen molar-refractivity contribution in [2.45, 2.75) is 117 Å². The predicted molar refractivity (Wildman–Crippen MR) is 207 cm³/mol. The van der Waals surface area contributed by atoms with Crippen LogP contribution in [-0.4, -0.2) is 41.0 Å². The summed E-state index contributed by atoms with van der Waals surface area (Å²) >= 11 is 0. The monoisotopic (exact) mass is 716 g/mol. The van der Waals surface area contributed by atoms with E-state index in [1.807, 2.05) is 36.4 Å². The van der Waals surface area contributed by atoms with Crippen molar-refractivity contribution in [1.29, 1.82) is 5.41 Å². The number of aryl methyl sites for hydroxylation is 1. The quantitative estimate of drug-likeness (QED) is 0.108. The summed E-state index contributed by atoms with van der Waals surface area (Å²) in [6.45, 7) is 14.0. The van der Waals surface area contributed by atoms with Crippen LogP contribution in [0.5, 0.6) is 5.75 Å². The number of nitrogens with zero attached hydrogens (tertiary/aromatic N) is 2. The molecule has 3 aromatic rings. The van der Waals surface area contributed by atoms with Crippen LogP contribution in [0.2, 0.25) is 0 Å². The number of aliphatic imine (C=N–C) groups is 1. The van der Waals surface area contributed by atoms with E-state index in [2.05, 4.69) is 44.5 Å². The molecule has 0 saturated carbocycles. The number of hydrogen-bond donors (Lipinski definition) is 3. The van der Waals surface area contributed by atoms with Crippen molar-refractivity contribution in [1.82, 2.24) is 4.90 Å². The van der Waals surface area contributed by atoms with Crippen LogP contribution >= 0.6 is 0 Å². The maximum absolute atomic E-state index is 14.1. The fraction of sp³-hybridized carbons (Fsp3) is 0.488. The Balaban J connectivity index is 1.55. The van der Waals surface area contributed by atoms with Crippen LogP contribution in [0.3, 0.4) is 0 Å². The van der Waals surface area contributed by atoms with E-state index in [1.54, 1.807) is 13.0 Å². The van der Waals surface area contributed by atoms with Gasteiger partial charge in [-0.1, -0.05) is 91.4 Å². The minimum absolute atomic E-state index is 0.0322. The molecule has 0 aromatic heterocycles. The van der Waals surface area contributed by atoms with Crippen molar-refractivity contribution in [2.75, 3.05) is 13.1 Å². The van der Waals surface area contributed by atoms with Crippen molar-refractivity contribution < 1.29 is 23.0 Å². The van der Waals surface area contributed by atoms with Crippen LogP contribution in [0.15, 0.2) is 65.4 Å². The Hall–Kier alpha value is -3.95. The predicted octanol–water partition coefficient (Wildman–Crippen LogP) is 10.8. The standard InChI is InChI=1S/C43H55F3N4O2/c1-7-9-11-13-19-50(20-14-12-10-8-2)41(51)28-15-17-33(18-16-28)52-35-26-31(42(4,5)6)23-30-25-34-38(40(48)49-39(34)47)37(36(30)35)29-21-27(3)22-32(24-29)43(44,45)46/h15,17-18,21-26,28,41,51H,7-14,16,19-20H2,1-6H3,(H3,47,48,49). The van der Waals surface area contributed by atoms with E-state index in [9.17, 15) is 18.3 Å². The lowest BCUT2D eigenvalue weighted by Crippen LogP contribution is -2.41. The Labute approximate surface area is 307 Å². The molecule has 0 amide bonds. The molecule has 2 aliphatic rings. The lowest BCUT2D eigenvalue weighted by atomic mass is 9.82. The Morgan fingerprint density at radius 2 is 1.60 bits per heavy atom. The number of aliphatic hydroxyl groups excluding tert-OH is 1. The van der Waals surface area contributed by atoms with Gasteiger partial charge in [-0.3, -0.25) is 10.3 Å². The van der Waals surface area contributed by atoms with E-state index in [0.717, 1.165) is 61.9 Å². The SMILES string of the molecule is CCCCCCN(CCCCCC)C(O)C1C=CC(Oc2cc(C(C)(C)C)cc3cc4c(c(-c5cc(C)cc(C(F)(F)F)c5)c23)C(N)=NC4=N)=CC1. The summed E-state index contributed by atoms with van der Waals surface area (Å²) in [5.41, 5.74) is 8.45. The molecule has 3 aromatic carbocycles. The van der Waals surface area contributed by atoms with Crippen LogP contribution in [0.25, 0.3) is 21.9 Å². The Bertz CT molecular complexity index is 1860. The first-order valence-corrected chi connectivity index (χ1v) is 18.9. The van der Waals surface area contributed by atoms with Gasteiger partial charge in [-0.2, -0.15) is 13.2 Å². The molecule has 0 radical (unpaired) electrons. The average molecular weight is 717 g/mol. The molecule has 5 rings (SSSR count). The topological polar surface area (TPSA) is 94.9 Å². The highest BCUT2D eigenvalue weighted by Gasteiger charge is 2.34. The number of nitrogens with two attached hydrogens (primary N) is 1. The highest BCUT2D eigenvalue weighted by Crippen LogP contribution is 2.46. The summed E-state index contributed by atoms with van der Waals surface area (Å²) in [6.07, 6.45) is 10.4. The summed E-state index contributed by atoms with van der Waals surface area (Å²) in [6, 6.07) is 9.79. The summed E-state index contributed by atoms with van der Waals surface area (Å²) < 4.78 is 49.1. The first-order valence-electron chi connectivity index (χ1n) is 18.9. The number of benzene rings is 3. The van der Waals surface area contributed by atoms with Gasteiger partial charge in [0.1, 0.15) is 23.6 Å². The molecule has 0 fully saturated rings. The van der Waals surface area contributed by atoms with Gasteiger partial charge in [-0.15, -0.1) is 0 Å². The number of allylic oxidation sites excluding steroid dienone is 2. The smallest absolute Gasteiger partial charge is 0.416 e. The summed E-state index contributed by atoms with van der Waals surface area (Å²) in [5, 5.41) is 21.5. The number of amidine groups is 2. The first-order chi connectivity index (χ1) is 24.6. The largest absolute Gasteiger partial charge is 0.457 e. The summed E-state index contributed by atoms with van der Waals surface area (Å²) in [4.78, 5) is 6.46. The molecule has 1 aliphatic carbocycles. The molecule has 9 heteroatoms. The minimum Gasteiger partial charge on any atom is -0.457 e. The van der Waals surface area contributed by atoms with Crippen LogP contribution in [-0.2, 0) is 11.6 Å². The van der Waals surface area contributed by atoms with Crippen molar-refractivity contribution in [2.24, 2.45) is 16.6 Å². The molecule has 52 heavy (non-hydrogen) atoms. The molecule has 0 spiro atoms. The van der Waals surface area contributed by atoms with Crippen LogP contribution in [0, 0.1) is 18.3 Å². The molecule has 1 aliphatic heterocycles. The van der Waals surface area contributed by atoms with Gasteiger partial charge in [-0.05, 0) is 90.1 Å². The lowest BCUT2D eigenvalue weighted by Gasteiger charge is -2.33. The van der Waals surface area contributed by atoms with Crippen molar-refractivity contribution in [3.63, 3.8) is 0 Å². The van der Waals surface area contributed by atoms with Gasteiger partial charge < -0.3 is 15.6 Å². The molecule has 6 nitrogen and oxygen atoms in total. The van der Waals surface area contributed by atoms with Gasteiger partial charge in [0.2, 0.25) is 0 Å². The van der Waals surface area contributed by atoms with E-state index in [4.69, 9.17) is 15.9 Å². The van der Waals surface area contributed by atoms with Crippen LogP contribution in [0.4, 0.5) is 13.2 Å². The molecule has 0 bridgehead atoms. The Kier molecular flexibility index (Phi) is 12.4. The third-order valence-electron chi connectivity index (χ3n) is 10.2. The van der Waals surface area contributed by atoms with Crippen LogP contribution < -0.4 is 10.5 Å². The van der Waals surface area contributed by atoms with E-state index < -0.39 is 18.0 Å². The number of ether oxygens (including phenoxy) is 1. The van der Waals surface area contributed by atoms with E-state index in [-0.39, 0.29) is 23.0 Å². The molecule has 4 N–H and O–H groups in total. The third kappa shape index (κ3) is 8.97. The van der Waals surface area contributed by atoms with Gasteiger partial charge in [0, 0.05) is 41.1 Å². The van der Waals surface area contributed by atoms with Gasteiger partial charge in [0.05, 0.1) is 5.56 Å². The number of nitrogens with one attached hydrogen (secondary N) is 1. The van der Waals surface area contributed by atoms with E-state index >= 15 is 0 Å². The van der Waals surface area contributed by atoms with Crippen molar-refractivity contribution >= 4 is 22.4 Å². The molecular formula is C43H55F3N4O2. The number of alkyl halides is 3. The fourth-order valence-electron chi connectivity index (χ4n) is 7.26. The maximum atomic E-state index is 14.1. The molecule has 0 saturated heterocycles. The van der Waals surface area contributed by atoms with Gasteiger partial charge in [0.15, 0.2) is 5.84 Å². The number of hydrogen-bond acceptors (Lipinski definition) is 5. The third-order valence-corrected chi connectivity index (χ3v) is 10.2. The number of fused-ring (bicyclic) bond motifs is 2. The van der Waals surface area contributed by atoms with Crippen molar-refractivity contribution in [3.8, 4) is 16.9 Å². The molecule has 280 valence electrons. The van der Waals surface area contributed by atoms with E-state index in [0.29, 0.717) is 51.1 Å². The second-order valence-corrected chi connectivity index (χ2v) is 15.5. The zero-order valence-corrected chi connectivity index (χ0v) is 31.6. The Morgan fingerprint density at radius 3 is 2.17 bits per heavy atom. The van der Waals surface area contributed by atoms with Crippen molar-refractivity contribution in [3.05, 3.63) is 88.2 Å². The lowest BCUT2D eigenvalue weighted by molar-refractivity contribution is -0.137. The number of rotatable bonds is 15. The highest BCUT2D eigenvalue weighted by atomic mass is 19.4. The number of aliphatic hydroxyl groups is 1. The molecule has 2 atom stereocenters. The second-order valence-electron chi connectivity index (χ2n) is 15.5. The molecule has 2 unspecified atom stereocenters. The van der Waals surface area contributed by atoms with Crippen LogP contribution in [0.1, 0.15) is 120 Å².